The SMILES string of the molecule is O=C1COc2cc(NC3CCOCC3)c(Cl)cc2N1. The van der Waals surface area contributed by atoms with Crippen molar-refractivity contribution < 1.29 is 14.3 Å². The Morgan fingerprint density at radius 1 is 1.32 bits per heavy atom. The van der Waals surface area contributed by atoms with E-state index in [2.05, 4.69) is 10.6 Å². The van der Waals surface area contributed by atoms with E-state index >= 15 is 0 Å². The van der Waals surface area contributed by atoms with Gasteiger partial charge in [-0.3, -0.25) is 4.79 Å². The van der Waals surface area contributed by atoms with Crippen LogP contribution in [0, 0.1) is 0 Å². The van der Waals surface area contributed by atoms with Crippen molar-refractivity contribution >= 4 is 28.9 Å². The number of hydrogen-bond acceptors (Lipinski definition) is 4. The fraction of sp³-hybridized carbons (Fsp3) is 0.462. The Morgan fingerprint density at radius 3 is 2.89 bits per heavy atom. The monoisotopic (exact) mass is 282 g/mol. The van der Waals surface area contributed by atoms with Crippen LogP contribution < -0.4 is 15.4 Å². The lowest BCUT2D eigenvalue weighted by Gasteiger charge is -2.26. The molecule has 1 amide bonds. The van der Waals surface area contributed by atoms with Gasteiger partial charge >= 0.3 is 0 Å². The third-order valence-electron chi connectivity index (χ3n) is 3.28. The molecule has 0 bridgehead atoms. The lowest BCUT2D eigenvalue weighted by atomic mass is 10.1. The molecule has 1 aromatic carbocycles. The van der Waals surface area contributed by atoms with Crippen molar-refractivity contribution in [3.8, 4) is 5.75 Å². The Labute approximate surface area is 116 Å². The number of ether oxygens (including phenoxy) is 2. The molecule has 0 saturated carbocycles. The highest BCUT2D eigenvalue weighted by Gasteiger charge is 2.20. The molecule has 2 aliphatic heterocycles. The van der Waals surface area contributed by atoms with Gasteiger partial charge in [-0.25, -0.2) is 0 Å². The minimum atomic E-state index is -0.159. The molecule has 2 aliphatic rings. The molecule has 3 rings (SSSR count). The van der Waals surface area contributed by atoms with Crippen LogP contribution in [0.1, 0.15) is 12.8 Å². The predicted octanol–water partition coefficient (Wildman–Crippen LogP) is 2.26. The quantitative estimate of drug-likeness (QED) is 0.873. The Morgan fingerprint density at radius 2 is 2.11 bits per heavy atom. The average molecular weight is 283 g/mol. The summed E-state index contributed by atoms with van der Waals surface area (Å²) in [5.74, 6) is 0.493. The first-order valence-corrected chi connectivity index (χ1v) is 6.70. The zero-order valence-corrected chi connectivity index (χ0v) is 11.1. The Hall–Kier alpha value is -1.46. The van der Waals surface area contributed by atoms with Gasteiger partial charge in [0, 0.05) is 25.3 Å². The summed E-state index contributed by atoms with van der Waals surface area (Å²) < 4.78 is 10.7. The van der Waals surface area contributed by atoms with Crippen LogP contribution in [0.4, 0.5) is 11.4 Å². The molecule has 1 fully saturated rings. The van der Waals surface area contributed by atoms with E-state index in [1.807, 2.05) is 6.07 Å². The van der Waals surface area contributed by atoms with Gasteiger partial charge in [-0.05, 0) is 18.9 Å². The highest BCUT2D eigenvalue weighted by molar-refractivity contribution is 6.33. The van der Waals surface area contributed by atoms with Crippen LogP contribution in [-0.4, -0.2) is 31.8 Å². The van der Waals surface area contributed by atoms with Gasteiger partial charge < -0.3 is 20.1 Å². The second kappa shape index (κ2) is 5.27. The maximum atomic E-state index is 11.2. The van der Waals surface area contributed by atoms with Crippen molar-refractivity contribution in [2.24, 2.45) is 0 Å². The number of carbonyl (C=O) groups excluding carboxylic acids is 1. The smallest absolute Gasteiger partial charge is 0.262 e. The summed E-state index contributed by atoms with van der Waals surface area (Å²) in [6, 6.07) is 3.92. The molecule has 0 aromatic heterocycles. The fourth-order valence-corrected chi connectivity index (χ4v) is 2.49. The van der Waals surface area contributed by atoms with Crippen LogP contribution >= 0.6 is 11.6 Å². The summed E-state index contributed by atoms with van der Waals surface area (Å²) in [4.78, 5) is 11.2. The molecule has 19 heavy (non-hydrogen) atoms. The second-order valence-corrected chi connectivity index (χ2v) is 5.10. The number of anilines is 2. The molecule has 2 N–H and O–H groups in total. The zero-order chi connectivity index (χ0) is 13.2. The minimum absolute atomic E-state index is 0.0470. The van der Waals surface area contributed by atoms with Gasteiger partial charge in [0.15, 0.2) is 6.61 Å². The summed E-state index contributed by atoms with van der Waals surface area (Å²) in [5, 5.41) is 6.72. The third-order valence-corrected chi connectivity index (χ3v) is 3.60. The Bertz CT molecular complexity index is 501. The topological polar surface area (TPSA) is 59.6 Å². The summed E-state index contributed by atoms with van der Waals surface area (Å²) in [7, 11) is 0. The predicted molar refractivity (Wildman–Crippen MR) is 73.0 cm³/mol. The number of halogens is 1. The van der Waals surface area contributed by atoms with E-state index in [4.69, 9.17) is 21.1 Å². The molecule has 1 saturated heterocycles. The number of hydrogen-bond donors (Lipinski definition) is 2. The Kier molecular flexibility index (Phi) is 3.48. The standard InChI is InChI=1S/C13H15ClN2O3/c14-9-5-11-12(19-7-13(17)16-11)6-10(9)15-8-1-3-18-4-2-8/h5-6,8,15H,1-4,7H2,(H,16,17). The molecular weight excluding hydrogens is 268 g/mol. The van der Waals surface area contributed by atoms with Crippen LogP contribution in [0.25, 0.3) is 0 Å². The van der Waals surface area contributed by atoms with Crippen molar-refractivity contribution in [2.45, 2.75) is 18.9 Å². The van der Waals surface area contributed by atoms with E-state index in [0.717, 1.165) is 31.7 Å². The number of fused-ring (bicyclic) bond motifs is 1. The lowest BCUT2D eigenvalue weighted by molar-refractivity contribution is -0.118. The first-order chi connectivity index (χ1) is 9.22. The second-order valence-electron chi connectivity index (χ2n) is 4.70. The summed E-state index contributed by atoms with van der Waals surface area (Å²) >= 11 is 6.23. The molecule has 0 aliphatic carbocycles. The van der Waals surface area contributed by atoms with E-state index in [1.54, 1.807) is 6.07 Å². The van der Waals surface area contributed by atoms with Gasteiger partial charge in [-0.2, -0.15) is 0 Å². The maximum Gasteiger partial charge on any atom is 0.262 e. The molecular formula is C13H15ClN2O3. The van der Waals surface area contributed by atoms with E-state index in [9.17, 15) is 4.79 Å². The first-order valence-electron chi connectivity index (χ1n) is 6.33. The van der Waals surface area contributed by atoms with E-state index in [0.29, 0.717) is 22.5 Å². The maximum absolute atomic E-state index is 11.2. The molecule has 2 heterocycles. The van der Waals surface area contributed by atoms with Crippen LogP contribution in [0.3, 0.4) is 0 Å². The van der Waals surface area contributed by atoms with Gasteiger partial charge in [0.1, 0.15) is 5.75 Å². The Balaban J connectivity index is 1.80. The number of nitrogens with one attached hydrogen (secondary N) is 2. The van der Waals surface area contributed by atoms with Crippen molar-refractivity contribution in [2.75, 3.05) is 30.5 Å². The van der Waals surface area contributed by atoms with E-state index in [-0.39, 0.29) is 12.5 Å². The van der Waals surface area contributed by atoms with Crippen molar-refractivity contribution in [3.05, 3.63) is 17.2 Å². The number of amides is 1. The van der Waals surface area contributed by atoms with Crippen molar-refractivity contribution in [3.63, 3.8) is 0 Å². The molecule has 0 atom stereocenters. The normalized spacial score (nSPS) is 19.3. The lowest BCUT2D eigenvalue weighted by Crippen LogP contribution is -2.28. The number of carbonyl (C=O) groups is 1. The summed E-state index contributed by atoms with van der Waals surface area (Å²) in [6.07, 6.45) is 1.93. The van der Waals surface area contributed by atoms with E-state index in [1.165, 1.54) is 0 Å². The summed E-state index contributed by atoms with van der Waals surface area (Å²) in [5.41, 5.74) is 1.46. The zero-order valence-electron chi connectivity index (χ0n) is 10.4. The molecule has 1 aromatic rings. The van der Waals surface area contributed by atoms with Gasteiger partial charge in [0.05, 0.1) is 16.4 Å². The third kappa shape index (κ3) is 2.77. The molecule has 6 heteroatoms. The molecule has 0 radical (unpaired) electrons. The van der Waals surface area contributed by atoms with Gasteiger partial charge in [-0.15, -0.1) is 0 Å². The highest BCUT2D eigenvalue weighted by atomic mass is 35.5. The van der Waals surface area contributed by atoms with Crippen LogP contribution in [0.2, 0.25) is 5.02 Å². The van der Waals surface area contributed by atoms with Gasteiger partial charge in [-0.1, -0.05) is 11.6 Å². The van der Waals surface area contributed by atoms with Crippen molar-refractivity contribution in [1.29, 1.82) is 0 Å². The van der Waals surface area contributed by atoms with Crippen LogP contribution in [0.5, 0.6) is 5.75 Å². The average Bonchev–Trinajstić information content (AvgIpc) is 2.41. The first kappa shape index (κ1) is 12.6. The largest absolute Gasteiger partial charge is 0.482 e. The molecule has 102 valence electrons. The molecule has 0 unspecified atom stereocenters. The van der Waals surface area contributed by atoms with E-state index < -0.39 is 0 Å². The number of benzene rings is 1. The van der Waals surface area contributed by atoms with Gasteiger partial charge in [0.2, 0.25) is 0 Å². The summed E-state index contributed by atoms with van der Waals surface area (Å²) in [6.45, 7) is 1.59. The highest BCUT2D eigenvalue weighted by Crippen LogP contribution is 2.37. The van der Waals surface area contributed by atoms with Crippen LogP contribution in [-0.2, 0) is 9.53 Å². The molecule has 0 spiro atoms. The minimum Gasteiger partial charge on any atom is -0.482 e. The van der Waals surface area contributed by atoms with Gasteiger partial charge in [0.25, 0.3) is 5.91 Å². The molecule has 5 nitrogen and oxygen atoms in total. The fourth-order valence-electron chi connectivity index (χ4n) is 2.27. The van der Waals surface area contributed by atoms with Crippen LogP contribution in [0.15, 0.2) is 12.1 Å². The number of rotatable bonds is 2. The van der Waals surface area contributed by atoms with Crippen molar-refractivity contribution in [1.82, 2.24) is 0 Å².